The van der Waals surface area contributed by atoms with Crippen LogP contribution in [-0.2, 0) is 6.54 Å². The minimum absolute atomic E-state index is 0.157. The van der Waals surface area contributed by atoms with Gasteiger partial charge in [-0.2, -0.15) is 5.10 Å². The van der Waals surface area contributed by atoms with E-state index in [4.69, 9.17) is 9.47 Å². The summed E-state index contributed by atoms with van der Waals surface area (Å²) in [5.74, 6) is 0.810. The molecule has 1 N–H and O–H groups in total. The van der Waals surface area contributed by atoms with Gasteiger partial charge in [-0.1, -0.05) is 48.5 Å². The average molecular weight is 472 g/mol. The number of ether oxygens (including phenoxy) is 2. The number of hydrogen-bond acceptors (Lipinski definition) is 4. The first-order valence-corrected chi connectivity index (χ1v) is 11.7. The average Bonchev–Trinajstić information content (AvgIpc) is 3.42. The SMILES string of the molecule is CCOc1ccc(C2c3c(-c4ccccc4)n[nH]c3C(=O)N2Cc2ccc(F)cc2)cc1OCC. The molecule has 35 heavy (non-hydrogen) atoms. The Morgan fingerprint density at radius 3 is 2.37 bits per heavy atom. The number of H-pyrrole nitrogens is 1. The van der Waals surface area contributed by atoms with Gasteiger partial charge >= 0.3 is 0 Å². The third-order valence-corrected chi connectivity index (χ3v) is 6.06. The summed E-state index contributed by atoms with van der Waals surface area (Å²) in [7, 11) is 0. The Labute approximate surface area is 203 Å². The number of aromatic amines is 1. The summed E-state index contributed by atoms with van der Waals surface area (Å²) in [4.78, 5) is 15.4. The van der Waals surface area contributed by atoms with Crippen LogP contribution in [0, 0.1) is 5.82 Å². The molecule has 1 amide bonds. The number of rotatable bonds is 8. The predicted octanol–water partition coefficient (Wildman–Crippen LogP) is 5.76. The second-order valence-corrected chi connectivity index (χ2v) is 8.26. The summed E-state index contributed by atoms with van der Waals surface area (Å²) < 4.78 is 25.1. The highest BCUT2D eigenvalue weighted by atomic mass is 19.1. The summed E-state index contributed by atoms with van der Waals surface area (Å²) in [6, 6.07) is 21.4. The number of benzene rings is 3. The number of nitrogens with one attached hydrogen (secondary N) is 1. The molecule has 178 valence electrons. The Bertz CT molecular complexity index is 1340. The highest BCUT2D eigenvalue weighted by molar-refractivity contribution is 6.00. The molecule has 0 aliphatic carbocycles. The van der Waals surface area contributed by atoms with Gasteiger partial charge in [-0.25, -0.2) is 4.39 Å². The molecule has 0 bridgehead atoms. The smallest absolute Gasteiger partial charge is 0.273 e. The molecule has 3 aromatic carbocycles. The van der Waals surface area contributed by atoms with Crippen molar-refractivity contribution in [2.24, 2.45) is 0 Å². The molecule has 1 aliphatic heterocycles. The van der Waals surface area contributed by atoms with E-state index >= 15 is 0 Å². The van der Waals surface area contributed by atoms with Crippen molar-refractivity contribution in [1.29, 1.82) is 0 Å². The molecule has 4 aromatic rings. The van der Waals surface area contributed by atoms with Crippen LogP contribution in [0.3, 0.4) is 0 Å². The van der Waals surface area contributed by atoms with E-state index in [1.54, 1.807) is 17.0 Å². The van der Waals surface area contributed by atoms with Crippen molar-refractivity contribution in [2.45, 2.75) is 26.4 Å². The minimum Gasteiger partial charge on any atom is -0.490 e. The molecule has 1 aliphatic rings. The summed E-state index contributed by atoms with van der Waals surface area (Å²) in [6.45, 7) is 5.16. The number of amides is 1. The Hall–Kier alpha value is -4.13. The summed E-state index contributed by atoms with van der Waals surface area (Å²) in [6.07, 6.45) is 0. The van der Waals surface area contributed by atoms with Crippen molar-refractivity contribution in [3.63, 3.8) is 0 Å². The molecule has 0 fully saturated rings. The largest absolute Gasteiger partial charge is 0.490 e. The minimum atomic E-state index is -0.411. The van der Waals surface area contributed by atoms with Crippen LogP contribution in [-0.4, -0.2) is 34.2 Å². The van der Waals surface area contributed by atoms with Crippen LogP contribution in [0.25, 0.3) is 11.3 Å². The van der Waals surface area contributed by atoms with Crippen molar-refractivity contribution in [3.05, 3.63) is 101 Å². The van der Waals surface area contributed by atoms with E-state index in [1.807, 2.05) is 62.4 Å². The van der Waals surface area contributed by atoms with E-state index in [-0.39, 0.29) is 11.7 Å². The van der Waals surface area contributed by atoms with Gasteiger partial charge in [0.25, 0.3) is 5.91 Å². The molecule has 1 unspecified atom stereocenters. The summed E-state index contributed by atoms with van der Waals surface area (Å²) in [5.41, 5.74) is 4.64. The van der Waals surface area contributed by atoms with Crippen LogP contribution in [0.1, 0.15) is 47.1 Å². The van der Waals surface area contributed by atoms with E-state index in [9.17, 15) is 9.18 Å². The molecule has 1 aromatic heterocycles. The second-order valence-electron chi connectivity index (χ2n) is 8.26. The topological polar surface area (TPSA) is 67.5 Å². The van der Waals surface area contributed by atoms with Crippen molar-refractivity contribution in [3.8, 4) is 22.8 Å². The molecule has 0 saturated carbocycles. The van der Waals surface area contributed by atoms with Gasteiger partial charge in [0.05, 0.1) is 24.9 Å². The lowest BCUT2D eigenvalue weighted by atomic mass is 9.95. The first-order valence-electron chi connectivity index (χ1n) is 11.7. The first kappa shape index (κ1) is 22.7. The Balaban J connectivity index is 1.64. The highest BCUT2D eigenvalue weighted by Gasteiger charge is 2.42. The number of carbonyl (C=O) groups is 1. The van der Waals surface area contributed by atoms with Gasteiger partial charge in [-0.3, -0.25) is 9.89 Å². The lowest BCUT2D eigenvalue weighted by Gasteiger charge is -2.27. The van der Waals surface area contributed by atoms with Gasteiger partial charge in [0, 0.05) is 17.7 Å². The highest BCUT2D eigenvalue weighted by Crippen LogP contribution is 2.45. The number of hydrogen-bond donors (Lipinski definition) is 1. The zero-order valence-corrected chi connectivity index (χ0v) is 19.6. The molecular formula is C28H26FN3O3. The van der Waals surface area contributed by atoms with E-state index < -0.39 is 6.04 Å². The zero-order valence-electron chi connectivity index (χ0n) is 19.6. The number of aromatic nitrogens is 2. The first-order chi connectivity index (χ1) is 17.1. The number of nitrogens with zero attached hydrogens (tertiary/aromatic N) is 2. The quantitative estimate of drug-likeness (QED) is 0.355. The fraction of sp³-hybridized carbons (Fsp3) is 0.214. The third kappa shape index (κ3) is 4.25. The Morgan fingerprint density at radius 1 is 0.943 bits per heavy atom. The van der Waals surface area contributed by atoms with Crippen molar-refractivity contribution >= 4 is 5.91 Å². The van der Waals surface area contributed by atoms with E-state index in [0.717, 1.165) is 27.9 Å². The molecule has 0 saturated heterocycles. The van der Waals surface area contributed by atoms with Crippen molar-refractivity contribution < 1.29 is 18.7 Å². The zero-order chi connectivity index (χ0) is 24.4. The molecule has 2 heterocycles. The maximum absolute atomic E-state index is 13.6. The number of fused-ring (bicyclic) bond motifs is 1. The Morgan fingerprint density at radius 2 is 1.66 bits per heavy atom. The third-order valence-electron chi connectivity index (χ3n) is 6.06. The van der Waals surface area contributed by atoms with Crippen LogP contribution in [0.5, 0.6) is 11.5 Å². The maximum atomic E-state index is 13.6. The van der Waals surface area contributed by atoms with Gasteiger partial charge in [-0.15, -0.1) is 0 Å². The van der Waals surface area contributed by atoms with Crippen molar-refractivity contribution in [2.75, 3.05) is 13.2 Å². The lowest BCUT2D eigenvalue weighted by molar-refractivity contribution is 0.0729. The fourth-order valence-corrected chi connectivity index (χ4v) is 4.55. The molecule has 6 nitrogen and oxygen atoms in total. The number of carbonyl (C=O) groups excluding carboxylic acids is 1. The summed E-state index contributed by atoms with van der Waals surface area (Å²) >= 11 is 0. The molecular weight excluding hydrogens is 445 g/mol. The van der Waals surface area contributed by atoms with E-state index in [1.165, 1.54) is 12.1 Å². The number of halogens is 1. The Kier molecular flexibility index (Phi) is 6.23. The van der Waals surface area contributed by atoms with Crippen LogP contribution >= 0.6 is 0 Å². The van der Waals surface area contributed by atoms with Gasteiger partial charge in [-0.05, 0) is 49.2 Å². The van der Waals surface area contributed by atoms with Gasteiger partial charge < -0.3 is 14.4 Å². The summed E-state index contributed by atoms with van der Waals surface area (Å²) in [5, 5.41) is 7.49. The fourth-order valence-electron chi connectivity index (χ4n) is 4.55. The second kappa shape index (κ2) is 9.62. The molecule has 0 spiro atoms. The standard InChI is InChI=1S/C28H26FN3O3/c1-3-34-22-15-12-20(16-23(22)35-4-2)27-24-25(19-8-6-5-7-9-19)30-31-26(24)28(33)32(27)17-18-10-13-21(29)14-11-18/h5-16,27H,3-4,17H2,1-2H3,(H,30,31). The van der Waals surface area contributed by atoms with Crippen LogP contribution in [0.15, 0.2) is 72.8 Å². The van der Waals surface area contributed by atoms with Crippen LogP contribution in [0.4, 0.5) is 4.39 Å². The monoisotopic (exact) mass is 471 g/mol. The molecule has 5 rings (SSSR count). The van der Waals surface area contributed by atoms with Crippen LogP contribution < -0.4 is 9.47 Å². The molecule has 1 atom stereocenters. The molecule has 0 radical (unpaired) electrons. The van der Waals surface area contributed by atoms with Crippen molar-refractivity contribution in [1.82, 2.24) is 15.1 Å². The maximum Gasteiger partial charge on any atom is 0.273 e. The predicted molar refractivity (Wildman–Crippen MR) is 131 cm³/mol. The van der Waals surface area contributed by atoms with Gasteiger partial charge in [0.2, 0.25) is 0 Å². The molecule has 7 heteroatoms. The van der Waals surface area contributed by atoms with Gasteiger partial charge in [0.1, 0.15) is 11.5 Å². The van der Waals surface area contributed by atoms with E-state index in [2.05, 4.69) is 10.2 Å². The lowest BCUT2D eigenvalue weighted by Crippen LogP contribution is -2.29. The van der Waals surface area contributed by atoms with Crippen LogP contribution in [0.2, 0.25) is 0 Å². The normalized spacial score (nSPS) is 14.8. The van der Waals surface area contributed by atoms with Gasteiger partial charge in [0.15, 0.2) is 11.5 Å². The van der Waals surface area contributed by atoms with E-state index in [0.29, 0.717) is 37.0 Å².